The van der Waals surface area contributed by atoms with Gasteiger partial charge in [0.25, 0.3) is 5.91 Å². The summed E-state index contributed by atoms with van der Waals surface area (Å²) in [6.45, 7) is 3.26. The number of ether oxygens (including phenoxy) is 1. The van der Waals surface area contributed by atoms with Gasteiger partial charge in [0, 0.05) is 16.6 Å². The van der Waals surface area contributed by atoms with Crippen LogP contribution in [-0.2, 0) is 14.3 Å². The van der Waals surface area contributed by atoms with Crippen LogP contribution in [0.1, 0.15) is 29.8 Å². The first-order valence-corrected chi connectivity index (χ1v) is 9.86. The maximum atomic E-state index is 12.3. The quantitative estimate of drug-likeness (QED) is 0.511. The third-order valence-electron chi connectivity index (χ3n) is 3.53. The van der Waals surface area contributed by atoms with Crippen molar-refractivity contribution >= 4 is 35.2 Å². The molecule has 0 aliphatic rings. The maximum absolute atomic E-state index is 12.3. The number of hydrogen-bond acceptors (Lipinski definition) is 6. The van der Waals surface area contributed by atoms with Gasteiger partial charge in [-0.25, -0.2) is 4.79 Å². The molecule has 0 radical (unpaired) electrons. The highest BCUT2D eigenvalue weighted by molar-refractivity contribution is 8.00. The first kappa shape index (κ1) is 22.0. The molecule has 0 bridgehead atoms. The minimum Gasteiger partial charge on any atom is -0.452 e. The monoisotopic (exact) mass is 411 g/mol. The molecule has 0 saturated carbocycles. The van der Waals surface area contributed by atoms with Crippen molar-refractivity contribution < 1.29 is 19.1 Å². The van der Waals surface area contributed by atoms with E-state index >= 15 is 0 Å². The van der Waals surface area contributed by atoms with Crippen molar-refractivity contribution in [3.63, 3.8) is 0 Å². The average Bonchev–Trinajstić information content (AvgIpc) is 2.70. The summed E-state index contributed by atoms with van der Waals surface area (Å²) in [6.07, 6.45) is 0. The molecule has 0 aliphatic carbocycles. The lowest BCUT2D eigenvalue weighted by Crippen LogP contribution is -2.34. The molecule has 0 unspecified atom stereocenters. The summed E-state index contributed by atoms with van der Waals surface area (Å²) in [4.78, 5) is 36.7. The number of carbonyl (C=O) groups excluding carboxylic acids is 3. The second-order valence-electron chi connectivity index (χ2n) is 6.32. The Morgan fingerprint density at radius 1 is 1.10 bits per heavy atom. The number of amides is 2. The average molecular weight is 411 g/mol. The molecule has 0 fully saturated rings. The number of esters is 1. The van der Waals surface area contributed by atoms with Crippen LogP contribution in [0.5, 0.6) is 0 Å². The molecular weight excluding hydrogens is 390 g/mol. The van der Waals surface area contributed by atoms with Gasteiger partial charge in [-0.2, -0.15) is 5.26 Å². The zero-order valence-electron chi connectivity index (χ0n) is 16.1. The van der Waals surface area contributed by atoms with Crippen molar-refractivity contribution in [2.45, 2.75) is 24.8 Å². The summed E-state index contributed by atoms with van der Waals surface area (Å²) in [5.74, 6) is -1.22. The third kappa shape index (κ3) is 7.31. The minimum absolute atomic E-state index is 0.0450. The second-order valence-corrected chi connectivity index (χ2v) is 7.34. The molecule has 0 aliphatic heterocycles. The van der Waals surface area contributed by atoms with E-state index in [1.54, 1.807) is 48.5 Å². The van der Waals surface area contributed by atoms with Crippen LogP contribution in [0, 0.1) is 11.3 Å². The molecule has 0 atom stereocenters. The van der Waals surface area contributed by atoms with E-state index in [1.165, 1.54) is 11.8 Å². The molecular formula is C21H21N3O4S. The zero-order chi connectivity index (χ0) is 21.2. The fourth-order valence-electron chi connectivity index (χ4n) is 2.34. The van der Waals surface area contributed by atoms with Crippen molar-refractivity contribution in [2.75, 3.05) is 17.7 Å². The lowest BCUT2D eigenvalue weighted by molar-refractivity contribution is -0.124. The molecule has 0 saturated heterocycles. The molecule has 2 aromatic rings. The Labute approximate surface area is 173 Å². The smallest absolute Gasteiger partial charge is 0.339 e. The van der Waals surface area contributed by atoms with Crippen LogP contribution < -0.4 is 10.6 Å². The standard InChI is InChI=1S/C21H21N3O4S/c1-14(2)23-19(25)12-28-21(27)17-8-3-4-9-18(17)29-13-20(26)24-16-7-5-6-15(10-16)11-22/h3-10,14H,12-13H2,1-2H3,(H,23,25)(H,24,26). The number of hydrogen-bond donors (Lipinski definition) is 2. The number of benzene rings is 2. The van der Waals surface area contributed by atoms with Gasteiger partial charge in [-0.1, -0.05) is 18.2 Å². The molecule has 0 heterocycles. The molecule has 0 aromatic heterocycles. The van der Waals surface area contributed by atoms with Gasteiger partial charge in [-0.3, -0.25) is 9.59 Å². The summed E-state index contributed by atoms with van der Waals surface area (Å²) in [5.41, 5.74) is 1.26. The van der Waals surface area contributed by atoms with E-state index in [0.717, 1.165) is 0 Å². The van der Waals surface area contributed by atoms with Crippen LogP contribution in [0.4, 0.5) is 5.69 Å². The van der Waals surface area contributed by atoms with Crippen molar-refractivity contribution in [2.24, 2.45) is 0 Å². The summed E-state index contributed by atoms with van der Waals surface area (Å²) in [7, 11) is 0. The van der Waals surface area contributed by atoms with Gasteiger partial charge in [-0.15, -0.1) is 11.8 Å². The molecule has 2 aromatic carbocycles. The maximum Gasteiger partial charge on any atom is 0.339 e. The minimum atomic E-state index is -0.630. The van der Waals surface area contributed by atoms with Crippen LogP contribution >= 0.6 is 11.8 Å². The van der Waals surface area contributed by atoms with Gasteiger partial charge >= 0.3 is 5.97 Å². The number of nitrogens with zero attached hydrogens (tertiary/aromatic N) is 1. The fourth-order valence-corrected chi connectivity index (χ4v) is 3.18. The van der Waals surface area contributed by atoms with Gasteiger partial charge in [0.2, 0.25) is 5.91 Å². The largest absolute Gasteiger partial charge is 0.452 e. The van der Waals surface area contributed by atoms with Crippen molar-refractivity contribution in [1.29, 1.82) is 5.26 Å². The number of anilines is 1. The van der Waals surface area contributed by atoms with E-state index in [0.29, 0.717) is 16.1 Å². The topological polar surface area (TPSA) is 108 Å². The van der Waals surface area contributed by atoms with E-state index in [9.17, 15) is 14.4 Å². The number of carbonyl (C=O) groups is 3. The van der Waals surface area contributed by atoms with E-state index < -0.39 is 5.97 Å². The molecule has 29 heavy (non-hydrogen) atoms. The van der Waals surface area contributed by atoms with E-state index in [1.807, 2.05) is 19.9 Å². The number of nitrogens with one attached hydrogen (secondary N) is 2. The highest BCUT2D eigenvalue weighted by Gasteiger charge is 2.16. The molecule has 8 heteroatoms. The molecule has 7 nitrogen and oxygen atoms in total. The van der Waals surface area contributed by atoms with Gasteiger partial charge in [0.1, 0.15) is 0 Å². The van der Waals surface area contributed by atoms with Crippen molar-refractivity contribution in [1.82, 2.24) is 5.32 Å². The van der Waals surface area contributed by atoms with Gasteiger partial charge in [0.05, 0.1) is 22.9 Å². The predicted molar refractivity (Wildman–Crippen MR) is 111 cm³/mol. The normalized spacial score (nSPS) is 10.1. The zero-order valence-corrected chi connectivity index (χ0v) is 16.9. The molecule has 2 amide bonds. The van der Waals surface area contributed by atoms with Crippen LogP contribution in [-0.4, -0.2) is 36.2 Å². The fraction of sp³-hybridized carbons (Fsp3) is 0.238. The van der Waals surface area contributed by atoms with Gasteiger partial charge in [-0.05, 0) is 44.2 Å². The molecule has 2 rings (SSSR count). The number of rotatable bonds is 8. The number of nitriles is 1. The highest BCUT2D eigenvalue weighted by atomic mass is 32.2. The molecule has 2 N–H and O–H groups in total. The first-order valence-electron chi connectivity index (χ1n) is 8.87. The summed E-state index contributed by atoms with van der Waals surface area (Å²) in [6, 6.07) is 15.3. The van der Waals surface area contributed by atoms with E-state index in [-0.39, 0.29) is 35.8 Å². The van der Waals surface area contributed by atoms with Gasteiger partial charge < -0.3 is 15.4 Å². The van der Waals surface area contributed by atoms with Crippen molar-refractivity contribution in [3.8, 4) is 6.07 Å². The van der Waals surface area contributed by atoms with E-state index in [2.05, 4.69) is 10.6 Å². The summed E-state index contributed by atoms with van der Waals surface area (Å²) in [5, 5.41) is 14.3. The van der Waals surface area contributed by atoms with Gasteiger partial charge in [0.15, 0.2) is 6.61 Å². The number of thioether (sulfide) groups is 1. The van der Waals surface area contributed by atoms with Crippen molar-refractivity contribution in [3.05, 3.63) is 59.7 Å². The predicted octanol–water partition coefficient (Wildman–Crippen LogP) is 2.97. The van der Waals surface area contributed by atoms with Crippen LogP contribution in [0.3, 0.4) is 0 Å². The highest BCUT2D eigenvalue weighted by Crippen LogP contribution is 2.23. The Balaban J connectivity index is 1.94. The summed E-state index contributed by atoms with van der Waals surface area (Å²) < 4.78 is 5.06. The Bertz CT molecular complexity index is 938. The Morgan fingerprint density at radius 3 is 2.59 bits per heavy atom. The van der Waals surface area contributed by atoms with Crippen LogP contribution in [0.15, 0.2) is 53.4 Å². The molecule has 0 spiro atoms. The Morgan fingerprint density at radius 2 is 1.86 bits per heavy atom. The lowest BCUT2D eigenvalue weighted by Gasteiger charge is -2.11. The Hall–Kier alpha value is -3.31. The van der Waals surface area contributed by atoms with Crippen LogP contribution in [0.25, 0.3) is 0 Å². The second kappa shape index (κ2) is 10.9. The van der Waals surface area contributed by atoms with Crippen LogP contribution in [0.2, 0.25) is 0 Å². The first-order chi connectivity index (χ1) is 13.9. The molecule has 150 valence electrons. The van der Waals surface area contributed by atoms with E-state index in [4.69, 9.17) is 10.00 Å². The Kier molecular flexibility index (Phi) is 8.25. The third-order valence-corrected chi connectivity index (χ3v) is 4.60. The SMILES string of the molecule is CC(C)NC(=O)COC(=O)c1ccccc1SCC(=O)Nc1cccc(C#N)c1. The summed E-state index contributed by atoms with van der Waals surface area (Å²) >= 11 is 1.18. The lowest BCUT2D eigenvalue weighted by atomic mass is 10.2.